The summed E-state index contributed by atoms with van der Waals surface area (Å²) in [7, 11) is 3.05. The normalized spacial score (nSPS) is 10.4. The molecule has 3 rings (SSSR count). The Kier molecular flexibility index (Phi) is 7.13. The maximum atomic E-state index is 11.6. The van der Waals surface area contributed by atoms with Gasteiger partial charge in [-0.1, -0.05) is 30.3 Å². The number of carbonyl (C=O) groups is 1. The van der Waals surface area contributed by atoms with E-state index in [1.165, 1.54) is 7.11 Å². The van der Waals surface area contributed by atoms with Crippen LogP contribution in [0.4, 0.5) is 17.3 Å². The molecule has 0 spiro atoms. The molecule has 0 radical (unpaired) electrons. The zero-order valence-corrected chi connectivity index (χ0v) is 16.5. The van der Waals surface area contributed by atoms with Crippen LogP contribution in [0.5, 0.6) is 0 Å². The fourth-order valence-corrected chi connectivity index (χ4v) is 2.71. The van der Waals surface area contributed by atoms with E-state index >= 15 is 0 Å². The number of hydrogen-bond donors (Lipinski definition) is 2. The van der Waals surface area contributed by atoms with Crippen LogP contribution in [0.1, 0.15) is 16.8 Å². The van der Waals surface area contributed by atoms with Gasteiger partial charge in [-0.15, -0.1) is 0 Å². The van der Waals surface area contributed by atoms with Gasteiger partial charge in [0.15, 0.2) is 5.82 Å². The molecule has 1 heterocycles. The fraction of sp³-hybridized carbons (Fsp3) is 0.227. The van der Waals surface area contributed by atoms with Crippen LogP contribution in [0, 0.1) is 0 Å². The van der Waals surface area contributed by atoms with Gasteiger partial charge in [0.25, 0.3) is 0 Å². The molecule has 29 heavy (non-hydrogen) atoms. The van der Waals surface area contributed by atoms with Crippen molar-refractivity contribution in [1.29, 1.82) is 0 Å². The monoisotopic (exact) mass is 392 g/mol. The number of anilines is 3. The molecule has 0 amide bonds. The van der Waals surface area contributed by atoms with Crippen LogP contribution in [0.25, 0.3) is 11.4 Å². The van der Waals surface area contributed by atoms with Crippen LogP contribution in [-0.4, -0.2) is 43.3 Å². The first-order valence-corrected chi connectivity index (χ1v) is 9.32. The van der Waals surface area contributed by atoms with Crippen molar-refractivity contribution < 1.29 is 14.3 Å². The van der Waals surface area contributed by atoms with E-state index in [4.69, 9.17) is 9.47 Å². The molecule has 0 saturated carbocycles. The number of ether oxygens (including phenoxy) is 2. The number of nitrogens with zero attached hydrogens (tertiary/aromatic N) is 2. The number of nitrogens with one attached hydrogen (secondary N) is 2. The van der Waals surface area contributed by atoms with Gasteiger partial charge in [-0.05, 0) is 30.7 Å². The molecule has 1 aromatic heterocycles. The SMILES string of the molecule is COCCCNc1cc(Nc2ccc(C(=O)OC)cc2)nc(-c2ccccc2)n1. The number of carbonyl (C=O) groups excluding carboxylic acids is 1. The summed E-state index contributed by atoms with van der Waals surface area (Å²) < 4.78 is 9.82. The van der Waals surface area contributed by atoms with Crippen molar-refractivity contribution in [1.82, 2.24) is 9.97 Å². The molecular formula is C22H24N4O3. The molecule has 2 aromatic carbocycles. The van der Waals surface area contributed by atoms with Crippen molar-refractivity contribution in [3.8, 4) is 11.4 Å². The summed E-state index contributed by atoms with van der Waals surface area (Å²) in [4.78, 5) is 20.9. The van der Waals surface area contributed by atoms with Crippen molar-refractivity contribution in [3.63, 3.8) is 0 Å². The summed E-state index contributed by atoms with van der Waals surface area (Å²) in [6.45, 7) is 1.42. The average Bonchev–Trinajstić information content (AvgIpc) is 2.77. The van der Waals surface area contributed by atoms with Crippen molar-refractivity contribution >= 4 is 23.3 Å². The Morgan fingerprint density at radius 2 is 1.69 bits per heavy atom. The highest BCUT2D eigenvalue weighted by atomic mass is 16.5. The van der Waals surface area contributed by atoms with Crippen LogP contribution < -0.4 is 10.6 Å². The number of rotatable bonds is 9. The molecule has 0 fully saturated rings. The first-order valence-electron chi connectivity index (χ1n) is 9.32. The lowest BCUT2D eigenvalue weighted by molar-refractivity contribution is 0.0601. The lowest BCUT2D eigenvalue weighted by atomic mass is 10.2. The third kappa shape index (κ3) is 5.76. The van der Waals surface area contributed by atoms with E-state index in [0.717, 1.165) is 30.0 Å². The third-order valence-corrected chi connectivity index (χ3v) is 4.17. The molecule has 0 aliphatic rings. The number of aromatic nitrogens is 2. The van der Waals surface area contributed by atoms with E-state index in [9.17, 15) is 4.79 Å². The highest BCUT2D eigenvalue weighted by Crippen LogP contribution is 2.23. The first-order chi connectivity index (χ1) is 14.2. The molecule has 0 unspecified atom stereocenters. The van der Waals surface area contributed by atoms with Crippen LogP contribution in [0.15, 0.2) is 60.7 Å². The second-order valence-corrected chi connectivity index (χ2v) is 6.30. The smallest absolute Gasteiger partial charge is 0.337 e. The molecule has 0 atom stereocenters. The van der Waals surface area contributed by atoms with E-state index in [1.807, 2.05) is 48.5 Å². The van der Waals surface area contributed by atoms with E-state index in [-0.39, 0.29) is 5.97 Å². The molecule has 0 aliphatic carbocycles. The van der Waals surface area contributed by atoms with Gasteiger partial charge in [0.2, 0.25) is 0 Å². The Balaban J connectivity index is 1.83. The van der Waals surface area contributed by atoms with Gasteiger partial charge < -0.3 is 20.1 Å². The lowest BCUT2D eigenvalue weighted by Crippen LogP contribution is -2.08. The first kappa shape index (κ1) is 20.3. The van der Waals surface area contributed by atoms with Crippen LogP contribution in [0.2, 0.25) is 0 Å². The second kappa shape index (κ2) is 10.2. The topological polar surface area (TPSA) is 85.4 Å². The van der Waals surface area contributed by atoms with Gasteiger partial charge in [0, 0.05) is 37.6 Å². The third-order valence-electron chi connectivity index (χ3n) is 4.17. The quantitative estimate of drug-likeness (QED) is 0.418. The van der Waals surface area contributed by atoms with E-state index in [0.29, 0.717) is 23.8 Å². The standard InChI is InChI=1S/C22H24N4O3/c1-28-14-6-13-23-19-15-20(26-21(25-19)16-7-4-3-5-8-16)24-18-11-9-17(10-12-18)22(27)29-2/h3-5,7-12,15H,6,13-14H2,1-2H3,(H2,23,24,25,26). The molecule has 0 saturated heterocycles. The van der Waals surface area contributed by atoms with Gasteiger partial charge in [-0.2, -0.15) is 0 Å². The highest BCUT2D eigenvalue weighted by Gasteiger charge is 2.09. The summed E-state index contributed by atoms with van der Waals surface area (Å²) in [5, 5.41) is 6.59. The predicted octanol–water partition coefficient (Wildman–Crippen LogP) is 4.12. The molecular weight excluding hydrogens is 368 g/mol. The molecule has 7 nitrogen and oxygen atoms in total. The van der Waals surface area contributed by atoms with Crippen molar-refractivity contribution in [2.24, 2.45) is 0 Å². The summed E-state index contributed by atoms with van der Waals surface area (Å²) in [5.41, 5.74) is 2.23. The summed E-state index contributed by atoms with van der Waals surface area (Å²) in [6.07, 6.45) is 0.874. The maximum absolute atomic E-state index is 11.6. The second-order valence-electron chi connectivity index (χ2n) is 6.30. The molecule has 0 bridgehead atoms. The van der Waals surface area contributed by atoms with E-state index < -0.39 is 0 Å². The number of methoxy groups -OCH3 is 2. The summed E-state index contributed by atoms with van der Waals surface area (Å²) in [5.74, 6) is 1.63. The molecule has 7 heteroatoms. The zero-order valence-electron chi connectivity index (χ0n) is 16.5. The van der Waals surface area contributed by atoms with Gasteiger partial charge >= 0.3 is 5.97 Å². The van der Waals surface area contributed by atoms with Gasteiger partial charge in [-0.25, -0.2) is 14.8 Å². The van der Waals surface area contributed by atoms with Crippen molar-refractivity contribution in [2.75, 3.05) is 38.0 Å². The van der Waals surface area contributed by atoms with Gasteiger partial charge in [-0.3, -0.25) is 0 Å². The molecule has 3 aromatic rings. The number of hydrogen-bond acceptors (Lipinski definition) is 7. The lowest BCUT2D eigenvalue weighted by Gasteiger charge is -2.12. The Labute approximate surface area is 170 Å². The Hall–Kier alpha value is -3.45. The van der Waals surface area contributed by atoms with Crippen molar-refractivity contribution in [2.45, 2.75) is 6.42 Å². The maximum Gasteiger partial charge on any atom is 0.337 e. The van der Waals surface area contributed by atoms with E-state index in [2.05, 4.69) is 20.6 Å². The minimum atomic E-state index is -0.368. The predicted molar refractivity (Wildman–Crippen MR) is 114 cm³/mol. The summed E-state index contributed by atoms with van der Waals surface area (Å²) in [6, 6.07) is 18.7. The van der Waals surface area contributed by atoms with Gasteiger partial charge in [0.1, 0.15) is 11.6 Å². The minimum absolute atomic E-state index is 0.368. The Morgan fingerprint density at radius 3 is 2.38 bits per heavy atom. The van der Waals surface area contributed by atoms with Gasteiger partial charge in [0.05, 0.1) is 12.7 Å². The Morgan fingerprint density at radius 1 is 0.966 bits per heavy atom. The minimum Gasteiger partial charge on any atom is -0.465 e. The summed E-state index contributed by atoms with van der Waals surface area (Å²) >= 11 is 0. The van der Waals surface area contributed by atoms with Crippen LogP contribution >= 0.6 is 0 Å². The van der Waals surface area contributed by atoms with Crippen LogP contribution in [-0.2, 0) is 9.47 Å². The Bertz CT molecular complexity index is 931. The number of benzene rings is 2. The highest BCUT2D eigenvalue weighted by molar-refractivity contribution is 5.89. The fourth-order valence-electron chi connectivity index (χ4n) is 2.71. The van der Waals surface area contributed by atoms with E-state index in [1.54, 1.807) is 19.2 Å². The van der Waals surface area contributed by atoms with Crippen LogP contribution in [0.3, 0.4) is 0 Å². The average molecular weight is 392 g/mol. The largest absolute Gasteiger partial charge is 0.465 e. The molecule has 0 aliphatic heterocycles. The molecule has 150 valence electrons. The zero-order chi connectivity index (χ0) is 20.5. The molecule has 2 N–H and O–H groups in total. The van der Waals surface area contributed by atoms with Crippen molar-refractivity contribution in [3.05, 3.63) is 66.2 Å². The number of esters is 1.